The van der Waals surface area contributed by atoms with Crippen LogP contribution in [0.2, 0.25) is 5.02 Å². The second kappa shape index (κ2) is 22.1. The summed E-state index contributed by atoms with van der Waals surface area (Å²) in [6, 6.07) is 27.0. The number of oxime groups is 1. The number of methoxy groups -OCH3 is 3. The Kier molecular flexibility index (Phi) is 16.4. The number of thioether (sulfide) groups is 1. The summed E-state index contributed by atoms with van der Waals surface area (Å²) in [7, 11) is 7.30. The highest BCUT2D eigenvalue weighted by atomic mass is 35.5. The number of carbonyl (C=O) groups is 2. The number of rotatable bonds is 15. The first-order chi connectivity index (χ1) is 29.1. The Morgan fingerprint density at radius 2 is 1.53 bits per heavy atom. The van der Waals surface area contributed by atoms with Crippen molar-refractivity contribution < 1.29 is 42.5 Å². The molecule has 0 aliphatic heterocycles. The molecular formula is C44H43ClFN5O8S. The zero-order valence-corrected chi connectivity index (χ0v) is 35.3. The number of likely N-dealkylation sites (N-methyl/N-ethyl adjacent to an activating group) is 1. The summed E-state index contributed by atoms with van der Waals surface area (Å²) in [6.07, 6.45) is 4.86. The van der Waals surface area contributed by atoms with Gasteiger partial charge in [0.1, 0.15) is 36.3 Å². The van der Waals surface area contributed by atoms with Crippen molar-refractivity contribution in [3.8, 4) is 29.0 Å². The Balaban J connectivity index is 0.000000228. The number of hydrogen-bond donors (Lipinski definition) is 1. The first-order valence-corrected chi connectivity index (χ1v) is 19.8. The molecule has 0 radical (unpaired) electrons. The van der Waals surface area contributed by atoms with E-state index in [2.05, 4.69) is 20.4 Å². The number of halogens is 2. The molecule has 1 N–H and O–H groups in total. The molecule has 1 amide bonds. The van der Waals surface area contributed by atoms with Crippen LogP contribution in [0.25, 0.3) is 5.57 Å². The van der Waals surface area contributed by atoms with E-state index in [-0.39, 0.29) is 22.9 Å². The lowest BCUT2D eigenvalue weighted by Crippen LogP contribution is -2.28. The molecule has 6 rings (SSSR count). The van der Waals surface area contributed by atoms with E-state index in [0.29, 0.717) is 33.6 Å². The maximum absolute atomic E-state index is 15.0. The topological polar surface area (TPSA) is 152 Å². The van der Waals surface area contributed by atoms with Gasteiger partial charge in [-0.05, 0) is 79.4 Å². The molecule has 0 unspecified atom stereocenters. The zero-order chi connectivity index (χ0) is 43.0. The molecule has 1 aliphatic carbocycles. The highest BCUT2D eigenvalue weighted by Gasteiger charge is 2.29. The van der Waals surface area contributed by atoms with Crippen molar-refractivity contribution in [2.75, 3.05) is 35.5 Å². The smallest absolute Gasteiger partial charge is 0.341 e. The van der Waals surface area contributed by atoms with Crippen molar-refractivity contribution >= 4 is 57.3 Å². The third-order valence-corrected chi connectivity index (χ3v) is 10.3. The van der Waals surface area contributed by atoms with Crippen LogP contribution in [0, 0.1) is 18.7 Å². The molecule has 1 aliphatic rings. The number of benzene rings is 4. The third-order valence-electron chi connectivity index (χ3n) is 8.69. The molecule has 5 aromatic rings. The van der Waals surface area contributed by atoms with Crippen LogP contribution in [0.15, 0.2) is 114 Å². The van der Waals surface area contributed by atoms with E-state index in [9.17, 15) is 9.59 Å². The van der Waals surface area contributed by atoms with Gasteiger partial charge in [-0.15, -0.1) is 11.8 Å². The fraction of sp³-hybridized carbons (Fsp3) is 0.227. The number of ether oxygens (including phenoxy) is 5. The number of carbonyl (C=O) groups excluding carboxylic acids is 2. The summed E-state index contributed by atoms with van der Waals surface area (Å²) < 4.78 is 41.5. The molecule has 60 heavy (non-hydrogen) atoms. The minimum atomic E-state index is -0.929. The van der Waals surface area contributed by atoms with Gasteiger partial charge in [0.2, 0.25) is 5.82 Å². The predicted molar refractivity (Wildman–Crippen MR) is 230 cm³/mol. The van der Waals surface area contributed by atoms with Crippen molar-refractivity contribution in [1.82, 2.24) is 15.3 Å². The lowest BCUT2D eigenvalue weighted by Gasteiger charge is -2.13. The fourth-order valence-corrected chi connectivity index (χ4v) is 6.79. The summed E-state index contributed by atoms with van der Waals surface area (Å²) in [5.74, 6) is -0.0880. The van der Waals surface area contributed by atoms with Crippen LogP contribution >= 0.6 is 23.4 Å². The molecule has 312 valence electrons. The summed E-state index contributed by atoms with van der Waals surface area (Å²) in [5.41, 5.74) is 4.02. The zero-order valence-electron chi connectivity index (χ0n) is 33.7. The summed E-state index contributed by atoms with van der Waals surface area (Å²) in [4.78, 5) is 41.7. The number of aliphatic imine (C=N–C) groups is 1. The van der Waals surface area contributed by atoms with Gasteiger partial charge in [-0.25, -0.2) is 9.79 Å². The van der Waals surface area contributed by atoms with Gasteiger partial charge in [-0.1, -0.05) is 59.2 Å². The lowest BCUT2D eigenvalue weighted by atomic mass is 10.0. The van der Waals surface area contributed by atoms with Crippen LogP contribution < -0.4 is 19.5 Å². The molecule has 0 bridgehead atoms. The number of nitrogens with zero attached hydrogens (tertiary/aromatic N) is 4. The highest BCUT2D eigenvalue weighted by Crippen LogP contribution is 2.39. The molecule has 1 saturated carbocycles. The van der Waals surface area contributed by atoms with Crippen LogP contribution in [0.3, 0.4) is 0 Å². The minimum Gasteiger partial charge on any atom is -0.503 e. The van der Waals surface area contributed by atoms with Crippen molar-refractivity contribution in [2.24, 2.45) is 16.1 Å². The van der Waals surface area contributed by atoms with E-state index in [1.54, 1.807) is 62.2 Å². The minimum absolute atomic E-state index is 0.0545. The Labute approximate surface area is 356 Å². The Hall–Kier alpha value is -6.45. The maximum atomic E-state index is 15.0. The number of hydrogen-bond acceptors (Lipinski definition) is 13. The van der Waals surface area contributed by atoms with Gasteiger partial charge in [0, 0.05) is 29.3 Å². The molecule has 4 aromatic carbocycles. The average molecular weight is 856 g/mol. The van der Waals surface area contributed by atoms with Gasteiger partial charge in [-0.2, -0.15) is 14.4 Å². The number of amides is 1. The second-order valence-corrected chi connectivity index (χ2v) is 14.1. The van der Waals surface area contributed by atoms with E-state index in [1.165, 1.54) is 53.5 Å². The standard InChI is InChI=1S/C23H25NO4S.C21H18ClFN4O4/c1-26-14-21(23(25)28-3)20-7-5-4-6-17(20)15-29-22(16-8-9-16)24-18-10-12-19(27-2)13-11-18;1-12-14(22)8-6-10-15(12)30-20-17(23)21(26-11-25-20)31-16-9-5-4-7-13(16)18(27-29-3)19(28)24-2/h4-7,10-14,16H,8-9,15H2,1-3H3;4-11H,1-3H3,(H,24,28)/b21-14+,24-22?;27-18-. The molecule has 0 atom stereocenters. The first-order valence-electron chi connectivity index (χ1n) is 18.4. The monoisotopic (exact) mass is 855 g/mol. The summed E-state index contributed by atoms with van der Waals surface area (Å²) in [6.45, 7) is 1.74. The predicted octanol–water partition coefficient (Wildman–Crippen LogP) is 9.49. The Morgan fingerprint density at radius 1 is 0.883 bits per heavy atom. The van der Waals surface area contributed by atoms with Gasteiger partial charge in [0.25, 0.3) is 17.7 Å². The molecule has 1 fully saturated rings. The summed E-state index contributed by atoms with van der Waals surface area (Å²) >= 11 is 7.80. The largest absolute Gasteiger partial charge is 0.503 e. The average Bonchev–Trinajstić information content (AvgIpc) is 4.13. The Bertz CT molecular complexity index is 2370. The number of aromatic nitrogens is 2. The molecular weight excluding hydrogens is 813 g/mol. The van der Waals surface area contributed by atoms with Crippen LogP contribution in [0.1, 0.15) is 35.1 Å². The summed E-state index contributed by atoms with van der Waals surface area (Å²) in [5, 5.41) is 7.80. The third kappa shape index (κ3) is 11.8. The molecule has 0 spiro atoms. The van der Waals surface area contributed by atoms with Crippen molar-refractivity contribution in [2.45, 2.75) is 25.5 Å². The van der Waals surface area contributed by atoms with Crippen molar-refractivity contribution in [3.05, 3.63) is 137 Å². The second-order valence-electron chi connectivity index (χ2n) is 12.7. The SMILES string of the molecule is CNC(=O)/C(=N\OC)c1ccccc1Oc1ncnc(Oc2cccc(Cl)c2C)c1F.CO/C=C(/C(=O)OC)c1ccccc1CSC(=Nc1ccc(OC)cc1)C1CC1. The molecule has 16 heteroatoms. The van der Waals surface area contributed by atoms with Crippen molar-refractivity contribution in [1.29, 1.82) is 0 Å². The van der Waals surface area contributed by atoms with E-state index >= 15 is 4.39 Å². The number of esters is 1. The van der Waals surface area contributed by atoms with Crippen LogP contribution in [-0.4, -0.2) is 68.1 Å². The maximum Gasteiger partial charge on any atom is 0.341 e. The number of nitrogens with one attached hydrogen (secondary N) is 1. The van der Waals surface area contributed by atoms with Crippen molar-refractivity contribution in [3.63, 3.8) is 0 Å². The van der Waals surface area contributed by atoms with E-state index in [4.69, 9.17) is 45.1 Å². The lowest BCUT2D eigenvalue weighted by molar-refractivity contribution is -0.133. The highest BCUT2D eigenvalue weighted by molar-refractivity contribution is 8.13. The van der Waals surface area contributed by atoms with Gasteiger partial charge in [0.15, 0.2) is 5.71 Å². The van der Waals surface area contributed by atoms with Gasteiger partial charge in [-0.3, -0.25) is 4.79 Å². The molecule has 1 aromatic heterocycles. The number of para-hydroxylation sites is 1. The van der Waals surface area contributed by atoms with Crippen LogP contribution in [-0.2, 0) is 29.7 Å². The van der Waals surface area contributed by atoms with Gasteiger partial charge in [0.05, 0.1) is 43.9 Å². The molecule has 13 nitrogen and oxygen atoms in total. The first kappa shape index (κ1) is 44.6. The quantitative estimate of drug-likeness (QED) is 0.0268. The van der Waals surface area contributed by atoms with E-state index in [0.717, 1.165) is 33.9 Å². The normalized spacial score (nSPS) is 12.7. The van der Waals surface area contributed by atoms with Gasteiger partial charge < -0.3 is 33.8 Å². The van der Waals surface area contributed by atoms with Gasteiger partial charge >= 0.3 is 5.97 Å². The Morgan fingerprint density at radius 3 is 2.17 bits per heavy atom. The molecule has 0 saturated heterocycles. The van der Waals surface area contributed by atoms with Crippen LogP contribution in [0.5, 0.6) is 29.0 Å². The van der Waals surface area contributed by atoms with E-state index in [1.807, 2.05) is 48.5 Å². The fourth-order valence-electron chi connectivity index (χ4n) is 5.43. The van der Waals surface area contributed by atoms with Crippen LogP contribution in [0.4, 0.5) is 10.1 Å². The molecule has 1 heterocycles. The van der Waals surface area contributed by atoms with E-state index < -0.39 is 23.6 Å².